The number of carbonyl (C=O) groups is 4. The lowest BCUT2D eigenvalue weighted by Gasteiger charge is -2.44. The van der Waals surface area contributed by atoms with Crippen molar-refractivity contribution in [2.45, 2.75) is 227 Å². The molecular formula is C91H125N9O17Si2. The summed E-state index contributed by atoms with van der Waals surface area (Å²) in [6.45, 7) is 36.4. The Morgan fingerprint density at radius 2 is 0.731 bits per heavy atom. The van der Waals surface area contributed by atoms with Crippen LogP contribution in [0.15, 0.2) is 73.6 Å². The molecule has 119 heavy (non-hydrogen) atoms. The van der Waals surface area contributed by atoms with Gasteiger partial charge in [-0.05, 0) is 102 Å². The standard InChI is InChI=1S/2C34H49N3O6Si.C22H23N3O5.CH4/c2*1-21(2)44(22(3)4,23(5)6)37-19-25(31(38)33(7)12-13-34(20-33)42-14-11-15-43-34)29-32(37)35-18-26(36-29)24-16-27(39-8)30(41-10)28(17-24)40-9;1-22(6-5-13(26)9-22)20(27)14-10-23-21-18(14)25-15(11-24-21)12-7-16(28-2)19(30-4)17(8-12)29-3;/h2*16-19,21-23H,11-15,20H2,1-10H3;7-8,10-11H,5-6,9H2,1-4H3,(H,23,24);1H4. The summed E-state index contributed by atoms with van der Waals surface area (Å²) in [4.78, 5) is 87.2. The van der Waals surface area contributed by atoms with E-state index in [0.29, 0.717) is 224 Å². The molecule has 2 spiro atoms. The van der Waals surface area contributed by atoms with Gasteiger partial charge in [0.15, 0.2) is 96.8 Å². The lowest BCUT2D eigenvalue weighted by Crippen LogP contribution is -2.51. The predicted octanol–water partition coefficient (Wildman–Crippen LogP) is 19.5. The molecule has 2 aliphatic heterocycles. The molecule has 5 fully saturated rings. The molecule has 14 rings (SSSR count). The lowest BCUT2D eigenvalue weighted by molar-refractivity contribution is -0.264. The third-order valence-electron chi connectivity index (χ3n) is 26.0. The zero-order valence-corrected chi connectivity index (χ0v) is 75.5. The summed E-state index contributed by atoms with van der Waals surface area (Å²) in [7, 11) is 9.61. The van der Waals surface area contributed by atoms with Gasteiger partial charge in [0.25, 0.3) is 0 Å². The molecule has 3 aliphatic carbocycles. The van der Waals surface area contributed by atoms with Crippen molar-refractivity contribution >= 4 is 73.1 Å². The summed E-state index contributed by atoms with van der Waals surface area (Å²) in [6.07, 6.45) is 17.9. The molecule has 3 saturated carbocycles. The molecule has 0 radical (unpaired) electrons. The van der Waals surface area contributed by atoms with E-state index >= 15 is 0 Å². The van der Waals surface area contributed by atoms with Crippen molar-refractivity contribution in [2.75, 3.05) is 90.4 Å². The molecule has 0 amide bonds. The molecule has 3 aromatic carbocycles. The normalized spacial score (nSPS) is 19.7. The fourth-order valence-corrected chi connectivity index (χ4v) is 33.6. The molecule has 3 unspecified atom stereocenters. The van der Waals surface area contributed by atoms with Crippen LogP contribution in [0, 0.1) is 16.2 Å². The second-order valence-corrected chi connectivity index (χ2v) is 46.4. The molecule has 644 valence electrons. The van der Waals surface area contributed by atoms with Crippen molar-refractivity contribution < 1.29 is 80.8 Å². The maximum Gasteiger partial charge on any atom is 0.203 e. The zero-order valence-electron chi connectivity index (χ0n) is 73.5. The first-order valence-electron chi connectivity index (χ1n) is 41.4. The maximum atomic E-state index is 14.8. The molecular weight excluding hydrogens is 1550 g/mol. The average molecular weight is 1670 g/mol. The van der Waals surface area contributed by atoms with Gasteiger partial charge < -0.3 is 75.0 Å². The van der Waals surface area contributed by atoms with Crippen molar-refractivity contribution in [1.29, 1.82) is 0 Å². The van der Waals surface area contributed by atoms with E-state index in [1.807, 2.05) is 31.2 Å². The van der Waals surface area contributed by atoms with Gasteiger partial charge in [-0.15, -0.1) is 0 Å². The number of hydrogen-bond donors (Lipinski definition) is 1. The highest BCUT2D eigenvalue weighted by Crippen LogP contribution is 2.55. The molecule has 8 heterocycles. The maximum absolute atomic E-state index is 14.8. The molecule has 26 nitrogen and oxygen atoms in total. The lowest BCUT2D eigenvalue weighted by atomic mass is 9.81. The Hall–Kier alpha value is -9.33. The van der Waals surface area contributed by atoms with E-state index in [2.05, 4.69) is 128 Å². The predicted molar refractivity (Wildman–Crippen MR) is 466 cm³/mol. The number of ether oxygens (including phenoxy) is 13. The first kappa shape index (κ1) is 90.4. The molecule has 1 N–H and O–H groups in total. The second-order valence-electron chi connectivity index (χ2n) is 34.9. The van der Waals surface area contributed by atoms with Gasteiger partial charge in [0.2, 0.25) is 17.2 Å². The Labute approximate surface area is 702 Å². The number of hydrogen-bond acceptors (Lipinski definition) is 23. The average Bonchev–Trinajstić information content (AvgIpc) is 1.55. The van der Waals surface area contributed by atoms with Gasteiger partial charge in [-0.25, -0.2) is 29.9 Å². The van der Waals surface area contributed by atoms with Crippen molar-refractivity contribution in [3.63, 3.8) is 0 Å². The largest absolute Gasteiger partial charge is 0.493 e. The summed E-state index contributed by atoms with van der Waals surface area (Å²) in [5, 5.41) is 0. The second kappa shape index (κ2) is 35.8. The first-order chi connectivity index (χ1) is 56.1. The van der Waals surface area contributed by atoms with Gasteiger partial charge in [-0.1, -0.05) is 111 Å². The number of Topliss-reactive ketones (excluding diaryl/α,β-unsaturated/α-hetero) is 4. The fraction of sp³-hybridized carbons (Fsp3) is 0.560. The van der Waals surface area contributed by atoms with Crippen LogP contribution in [0.3, 0.4) is 0 Å². The number of nitrogens with one attached hydrogen (secondary N) is 1. The summed E-state index contributed by atoms with van der Waals surface area (Å²) >= 11 is 0. The number of H-pyrrole nitrogens is 1. The Morgan fingerprint density at radius 1 is 0.420 bits per heavy atom. The van der Waals surface area contributed by atoms with Gasteiger partial charge in [-0.3, -0.25) is 19.2 Å². The van der Waals surface area contributed by atoms with Gasteiger partial charge >= 0.3 is 0 Å². The Balaban J connectivity index is 0.000000177. The highest BCUT2D eigenvalue weighted by molar-refractivity contribution is 6.83. The third kappa shape index (κ3) is 16.3. The first-order valence-corrected chi connectivity index (χ1v) is 45.7. The number of ketones is 4. The number of carbonyl (C=O) groups excluding carboxylic acids is 4. The van der Waals surface area contributed by atoms with Crippen molar-refractivity contribution in [2.24, 2.45) is 16.2 Å². The van der Waals surface area contributed by atoms with Crippen LogP contribution in [0.4, 0.5) is 0 Å². The van der Waals surface area contributed by atoms with Gasteiger partial charge in [0.1, 0.15) is 22.3 Å². The Bertz CT molecular complexity index is 4870. The Morgan fingerprint density at radius 3 is 1.03 bits per heavy atom. The highest BCUT2D eigenvalue weighted by atomic mass is 28.3. The van der Waals surface area contributed by atoms with Crippen LogP contribution in [-0.4, -0.2) is 185 Å². The van der Waals surface area contributed by atoms with Crippen molar-refractivity contribution in [3.8, 4) is 85.5 Å². The molecule has 2 saturated heterocycles. The molecule has 6 aromatic heterocycles. The molecule has 5 aliphatic rings. The van der Waals surface area contributed by atoms with E-state index in [1.54, 1.807) is 93.8 Å². The van der Waals surface area contributed by atoms with Crippen LogP contribution in [0.1, 0.15) is 213 Å². The quantitative estimate of drug-likeness (QED) is 0.0389. The number of aromatic amines is 1. The number of nitrogens with zero attached hydrogens (tertiary/aromatic N) is 8. The van der Waals surface area contributed by atoms with Crippen molar-refractivity contribution in [3.05, 3.63) is 90.3 Å². The van der Waals surface area contributed by atoms with Crippen LogP contribution < -0.4 is 42.6 Å². The molecule has 9 aromatic rings. The van der Waals surface area contributed by atoms with Crippen LogP contribution in [0.25, 0.3) is 67.3 Å². The van der Waals surface area contributed by atoms with E-state index in [0.717, 1.165) is 35.3 Å². The molecule has 0 bridgehead atoms. The number of methoxy groups -OCH3 is 9. The summed E-state index contributed by atoms with van der Waals surface area (Å²) in [5.74, 6) is 3.42. The fourth-order valence-electron chi connectivity index (χ4n) is 20.5. The van der Waals surface area contributed by atoms with Crippen molar-refractivity contribution in [1.82, 2.24) is 43.4 Å². The monoisotopic (exact) mass is 1670 g/mol. The third-order valence-corrected chi connectivity index (χ3v) is 39.5. The van der Waals surface area contributed by atoms with Crippen LogP contribution in [0.5, 0.6) is 51.7 Å². The molecule has 28 heteroatoms. The summed E-state index contributed by atoms with van der Waals surface area (Å²) in [5.41, 5.74) is 10.0. The van der Waals surface area contributed by atoms with Gasteiger partial charge in [-0.2, -0.15) is 0 Å². The number of rotatable bonds is 26. The van der Waals surface area contributed by atoms with E-state index in [4.69, 9.17) is 86.5 Å². The topological polar surface area (TPSA) is 291 Å². The SMILES string of the molecule is C.COc1cc(-c2cnc3[nH]cc(C(=O)C4(C)CCC(=O)C4)c3n2)cc(OC)c1OC.COc1cc(-c2cnc3c(n2)c(C(=O)C2(C)CCC4(C2)OCCCO4)cn3[Si](C(C)C)(C(C)C)C(C)C)cc(OC)c1OC.COc1cc(-c2cnc3c(n2)c(C(=O)C2(C)CCC4(C2)OCCCO4)cn3[Si](C(C)C)(C(C)C)C(C)C)cc(OC)c1OC. The van der Waals surface area contributed by atoms with Crippen LogP contribution in [0.2, 0.25) is 33.2 Å². The Kier molecular flexibility index (Phi) is 27.2. The highest BCUT2D eigenvalue weighted by Gasteiger charge is 2.56. The number of aromatic nitrogens is 9. The van der Waals surface area contributed by atoms with Crippen LogP contribution >= 0.6 is 0 Å². The number of benzene rings is 3. The minimum atomic E-state index is -2.28. The van der Waals surface area contributed by atoms with E-state index in [9.17, 15) is 19.2 Å². The van der Waals surface area contributed by atoms with Gasteiger partial charge in [0, 0.05) is 90.1 Å². The minimum absolute atomic E-state index is 0. The van der Waals surface area contributed by atoms with Crippen LogP contribution in [-0.2, 0) is 23.7 Å². The van der Waals surface area contributed by atoms with E-state index in [-0.39, 0.29) is 37.0 Å². The summed E-state index contributed by atoms with van der Waals surface area (Å²) in [6, 6.07) is 11.0. The smallest absolute Gasteiger partial charge is 0.203 e. The zero-order chi connectivity index (χ0) is 85.5. The van der Waals surface area contributed by atoms with Gasteiger partial charge in [0.05, 0.1) is 143 Å². The summed E-state index contributed by atoms with van der Waals surface area (Å²) < 4.78 is 79.2. The van der Waals surface area contributed by atoms with E-state index < -0.39 is 44.3 Å². The number of fused-ring (bicyclic) bond motifs is 3. The van der Waals surface area contributed by atoms with E-state index in [1.165, 1.54) is 7.11 Å². The molecule has 3 atom stereocenters. The minimum Gasteiger partial charge on any atom is -0.493 e.